The number of para-hydroxylation sites is 1. The van der Waals surface area contributed by atoms with Gasteiger partial charge in [-0.3, -0.25) is 0 Å². The van der Waals surface area contributed by atoms with Crippen molar-refractivity contribution >= 4 is 22.6 Å². The number of benzene rings is 3. The van der Waals surface area contributed by atoms with E-state index in [2.05, 4.69) is 0 Å². The van der Waals surface area contributed by atoms with Gasteiger partial charge in [0.1, 0.15) is 17.1 Å². The fourth-order valence-corrected chi connectivity index (χ4v) is 3.07. The van der Waals surface area contributed by atoms with Gasteiger partial charge in [-0.2, -0.15) is 0 Å². The minimum atomic E-state index is -0.395. The van der Waals surface area contributed by atoms with Gasteiger partial charge in [0.15, 0.2) is 0 Å². The average Bonchev–Trinajstić information content (AvgIpc) is 2.78. The average molecular weight is 385 g/mol. The van der Waals surface area contributed by atoms with Gasteiger partial charge in [0.2, 0.25) is 0 Å². The lowest BCUT2D eigenvalue weighted by atomic mass is 10.1. The summed E-state index contributed by atoms with van der Waals surface area (Å²) in [6.45, 7) is 0. The van der Waals surface area contributed by atoms with Gasteiger partial charge in [-0.1, -0.05) is 18.2 Å². The summed E-state index contributed by atoms with van der Waals surface area (Å²) >= 11 is 0. The first kappa shape index (κ1) is 18.5. The third-order valence-electron chi connectivity index (χ3n) is 4.54. The van der Waals surface area contributed by atoms with Crippen LogP contribution in [0.1, 0.15) is 10.4 Å². The van der Waals surface area contributed by atoms with E-state index in [1.165, 1.54) is 7.11 Å². The summed E-state index contributed by atoms with van der Waals surface area (Å²) in [7, 11) is 2.99. The molecule has 0 aliphatic heterocycles. The Morgan fingerprint density at radius 1 is 0.897 bits per heavy atom. The lowest BCUT2D eigenvalue weighted by Gasteiger charge is -2.06. The summed E-state index contributed by atoms with van der Waals surface area (Å²) in [5.41, 5.74) is 2.75. The van der Waals surface area contributed by atoms with Gasteiger partial charge >= 0.3 is 5.97 Å². The fourth-order valence-electron chi connectivity index (χ4n) is 3.07. The number of fused-ring (bicyclic) bond motifs is 1. The molecule has 0 saturated carbocycles. The Labute approximate surface area is 167 Å². The molecule has 144 valence electrons. The van der Waals surface area contributed by atoms with E-state index in [0.29, 0.717) is 17.0 Å². The minimum absolute atomic E-state index is 0.395. The van der Waals surface area contributed by atoms with Gasteiger partial charge < -0.3 is 13.9 Å². The molecule has 3 aromatic carbocycles. The van der Waals surface area contributed by atoms with Gasteiger partial charge in [-0.15, -0.1) is 0 Å². The molecular formula is C24H19NO4. The van der Waals surface area contributed by atoms with Crippen molar-refractivity contribution in [1.29, 1.82) is 0 Å². The Hall–Kier alpha value is -3.86. The number of methoxy groups -OCH3 is 2. The monoisotopic (exact) mass is 385 g/mol. The van der Waals surface area contributed by atoms with Crippen molar-refractivity contribution in [3.63, 3.8) is 0 Å². The number of rotatable bonds is 4. The van der Waals surface area contributed by atoms with Crippen molar-refractivity contribution in [2.45, 2.75) is 0 Å². The molecule has 29 heavy (non-hydrogen) atoms. The Bertz CT molecular complexity index is 1240. The smallest absolute Gasteiger partial charge is 0.337 e. The first-order valence-corrected chi connectivity index (χ1v) is 9.08. The molecule has 0 N–H and O–H groups in total. The van der Waals surface area contributed by atoms with E-state index in [9.17, 15) is 4.79 Å². The van der Waals surface area contributed by atoms with Crippen LogP contribution < -0.4 is 10.1 Å². The van der Waals surface area contributed by atoms with E-state index in [4.69, 9.17) is 18.9 Å². The molecule has 0 saturated heterocycles. The van der Waals surface area contributed by atoms with E-state index < -0.39 is 5.97 Å². The molecule has 0 radical (unpaired) electrons. The number of carbonyl (C=O) groups is 1. The van der Waals surface area contributed by atoms with Crippen molar-refractivity contribution in [1.82, 2.24) is 0 Å². The van der Waals surface area contributed by atoms with E-state index >= 15 is 0 Å². The molecule has 0 bridgehead atoms. The Balaban J connectivity index is 1.89. The van der Waals surface area contributed by atoms with Crippen LogP contribution in [0.25, 0.3) is 22.3 Å². The van der Waals surface area contributed by atoms with Crippen LogP contribution in [0.5, 0.6) is 5.75 Å². The van der Waals surface area contributed by atoms with E-state index in [1.54, 1.807) is 25.3 Å². The van der Waals surface area contributed by atoms with Crippen LogP contribution in [-0.4, -0.2) is 20.2 Å². The number of hydrogen-bond donors (Lipinski definition) is 0. The van der Waals surface area contributed by atoms with Gasteiger partial charge in [0.05, 0.1) is 30.8 Å². The first-order chi connectivity index (χ1) is 14.2. The highest BCUT2D eigenvalue weighted by Gasteiger charge is 2.08. The Morgan fingerprint density at radius 3 is 2.45 bits per heavy atom. The summed E-state index contributed by atoms with van der Waals surface area (Å²) < 4.78 is 16.1. The molecule has 1 aromatic heterocycles. The summed E-state index contributed by atoms with van der Waals surface area (Å²) in [6.07, 6.45) is 0. The van der Waals surface area contributed by atoms with Crippen LogP contribution in [0.15, 0.2) is 88.3 Å². The molecule has 0 fully saturated rings. The van der Waals surface area contributed by atoms with E-state index in [-0.39, 0.29) is 0 Å². The second kappa shape index (κ2) is 8.02. The highest BCUT2D eigenvalue weighted by atomic mass is 16.5. The summed E-state index contributed by atoms with van der Waals surface area (Å²) in [5.74, 6) is 1.07. The highest BCUT2D eigenvalue weighted by Crippen LogP contribution is 2.25. The molecule has 0 atom stereocenters. The largest absolute Gasteiger partial charge is 0.497 e. The molecule has 4 aromatic rings. The molecule has 4 rings (SSSR count). The fraction of sp³-hybridized carbons (Fsp3) is 0.0833. The molecule has 5 nitrogen and oxygen atoms in total. The van der Waals surface area contributed by atoms with E-state index in [1.807, 2.05) is 60.7 Å². The summed E-state index contributed by atoms with van der Waals surface area (Å²) in [5, 5.41) is 1.63. The predicted octanol–water partition coefficient (Wildman–Crippen LogP) is 5.13. The van der Waals surface area contributed by atoms with Crippen molar-refractivity contribution < 1.29 is 18.7 Å². The zero-order valence-corrected chi connectivity index (χ0v) is 16.1. The number of esters is 1. The highest BCUT2D eigenvalue weighted by molar-refractivity contribution is 5.90. The second-order valence-corrected chi connectivity index (χ2v) is 6.37. The molecule has 5 heteroatoms. The first-order valence-electron chi connectivity index (χ1n) is 9.08. The quantitative estimate of drug-likeness (QED) is 0.457. The van der Waals surface area contributed by atoms with Gasteiger partial charge in [-0.05, 0) is 54.6 Å². The third-order valence-corrected chi connectivity index (χ3v) is 4.54. The van der Waals surface area contributed by atoms with Crippen molar-refractivity contribution in [3.05, 3.63) is 89.8 Å². The number of nitrogens with zero attached hydrogens (tertiary/aromatic N) is 1. The van der Waals surface area contributed by atoms with Gasteiger partial charge in [0.25, 0.3) is 0 Å². The molecule has 0 aliphatic carbocycles. The van der Waals surface area contributed by atoms with Crippen molar-refractivity contribution in [2.75, 3.05) is 14.2 Å². The zero-order chi connectivity index (χ0) is 20.2. The lowest BCUT2D eigenvalue weighted by Crippen LogP contribution is -2.04. The summed E-state index contributed by atoms with van der Waals surface area (Å²) in [4.78, 5) is 16.6. The maximum Gasteiger partial charge on any atom is 0.337 e. The topological polar surface area (TPSA) is 61.0 Å². The molecular weight excluding hydrogens is 366 g/mol. The van der Waals surface area contributed by atoms with E-state index in [0.717, 1.165) is 27.6 Å². The van der Waals surface area contributed by atoms with Crippen LogP contribution in [0.2, 0.25) is 0 Å². The van der Waals surface area contributed by atoms with Crippen LogP contribution >= 0.6 is 0 Å². The Kier molecular flexibility index (Phi) is 5.12. The molecule has 0 unspecified atom stereocenters. The standard InChI is InChI=1S/C24H19NO4/c1-27-19-12-10-16(11-13-19)23-15-21(20-8-3-4-9-22(20)29-23)25-18-7-5-6-17(14-18)24(26)28-2/h3-15H,1-2H3. The van der Waals surface area contributed by atoms with Crippen LogP contribution in [0, 0.1) is 0 Å². The molecule has 0 spiro atoms. The maximum absolute atomic E-state index is 11.8. The predicted molar refractivity (Wildman–Crippen MR) is 111 cm³/mol. The number of ether oxygens (including phenoxy) is 2. The SMILES string of the molecule is COC(=O)c1cccc(N=c2cc(-c3ccc(OC)cc3)oc3ccccc23)c1. The van der Waals surface area contributed by atoms with Crippen LogP contribution in [-0.2, 0) is 4.74 Å². The summed E-state index contributed by atoms with van der Waals surface area (Å²) in [6, 6.07) is 24.3. The lowest BCUT2D eigenvalue weighted by molar-refractivity contribution is 0.0601. The molecule has 0 aliphatic rings. The van der Waals surface area contributed by atoms with Crippen molar-refractivity contribution in [3.8, 4) is 17.1 Å². The zero-order valence-electron chi connectivity index (χ0n) is 16.1. The van der Waals surface area contributed by atoms with Gasteiger partial charge in [-0.25, -0.2) is 9.79 Å². The third kappa shape index (κ3) is 3.89. The molecule has 0 amide bonds. The van der Waals surface area contributed by atoms with Crippen molar-refractivity contribution in [2.24, 2.45) is 4.99 Å². The van der Waals surface area contributed by atoms with Crippen LogP contribution in [0.3, 0.4) is 0 Å². The Morgan fingerprint density at radius 2 is 1.69 bits per heavy atom. The minimum Gasteiger partial charge on any atom is -0.497 e. The number of hydrogen-bond acceptors (Lipinski definition) is 5. The maximum atomic E-state index is 11.8. The second-order valence-electron chi connectivity index (χ2n) is 6.37. The molecule has 1 heterocycles. The number of carbonyl (C=O) groups excluding carboxylic acids is 1. The normalized spacial score (nSPS) is 11.4. The van der Waals surface area contributed by atoms with Gasteiger partial charge in [0, 0.05) is 17.0 Å². The van der Waals surface area contributed by atoms with Crippen LogP contribution in [0.4, 0.5) is 5.69 Å².